The third kappa shape index (κ3) is 11.7. The van der Waals surface area contributed by atoms with Crippen LogP contribution in [0, 0.1) is 0 Å². The Morgan fingerprint density at radius 2 is 1.09 bits per heavy atom. The van der Waals surface area contributed by atoms with Gasteiger partial charge in [-0.15, -0.1) is 0 Å². The van der Waals surface area contributed by atoms with Crippen LogP contribution in [0.2, 0.25) is 0 Å². The lowest BCUT2D eigenvalue weighted by Gasteiger charge is -2.27. The Morgan fingerprint density at radius 3 is 1.45 bits per heavy atom. The van der Waals surface area contributed by atoms with Crippen molar-refractivity contribution in [1.82, 2.24) is 0 Å². The predicted molar refractivity (Wildman–Crippen MR) is 100 cm³/mol. The van der Waals surface area contributed by atoms with Crippen molar-refractivity contribution >= 4 is 7.37 Å². The molecule has 2 nitrogen and oxygen atoms in total. The predicted octanol–water partition coefficient (Wildman–Crippen LogP) is 7.41. The molecule has 134 valence electrons. The third-order valence-corrected chi connectivity index (χ3v) is 7.67. The molecule has 0 saturated carbocycles. The zero-order valence-electron chi connectivity index (χ0n) is 16.0. The van der Waals surface area contributed by atoms with Crippen LogP contribution in [0.1, 0.15) is 105 Å². The molecule has 0 spiro atoms. The average molecular weight is 333 g/mol. The number of unbranched alkanes of at least 4 members (excludes halogenated alkanes) is 11. The molecule has 1 atom stereocenters. The Bertz CT molecular complexity index is 294. The van der Waals surface area contributed by atoms with Crippen LogP contribution in [0.4, 0.5) is 0 Å². The summed E-state index contributed by atoms with van der Waals surface area (Å²) < 4.78 is 18.0. The van der Waals surface area contributed by atoms with E-state index in [1.54, 1.807) is 6.66 Å². The van der Waals surface area contributed by atoms with Crippen molar-refractivity contribution in [3.05, 3.63) is 0 Å². The zero-order chi connectivity index (χ0) is 16.9. The van der Waals surface area contributed by atoms with Gasteiger partial charge in [-0.3, -0.25) is 4.57 Å². The molecule has 0 saturated heterocycles. The highest BCUT2D eigenvalue weighted by Gasteiger charge is 2.32. The molecule has 0 fully saturated rings. The lowest BCUT2D eigenvalue weighted by Crippen LogP contribution is -2.16. The van der Waals surface area contributed by atoms with Crippen molar-refractivity contribution in [2.24, 2.45) is 0 Å². The number of rotatable bonds is 14. The minimum atomic E-state index is -2.46. The standard InChI is InChI=1S/C19H41O2P/c1-6-7-8-9-10-11-12-13-14-15-16-17-18-21-22(5,20)19(2,3)4/h6-18H2,1-5H3. The molecule has 0 aromatic carbocycles. The smallest absolute Gasteiger partial charge is 0.205 e. The SMILES string of the molecule is CCCCCCCCCCCCCCOP(C)(=O)C(C)(C)C. The Balaban J connectivity index is 3.29. The summed E-state index contributed by atoms with van der Waals surface area (Å²) in [6.45, 7) is 10.7. The van der Waals surface area contributed by atoms with E-state index in [0.717, 1.165) is 6.42 Å². The van der Waals surface area contributed by atoms with Crippen molar-refractivity contribution in [2.75, 3.05) is 13.3 Å². The van der Waals surface area contributed by atoms with Gasteiger partial charge < -0.3 is 4.52 Å². The van der Waals surface area contributed by atoms with E-state index in [4.69, 9.17) is 4.52 Å². The van der Waals surface area contributed by atoms with Gasteiger partial charge in [0, 0.05) is 11.8 Å². The Morgan fingerprint density at radius 1 is 0.727 bits per heavy atom. The van der Waals surface area contributed by atoms with Crippen LogP contribution < -0.4 is 0 Å². The first-order valence-corrected chi connectivity index (χ1v) is 11.6. The minimum absolute atomic E-state index is 0.232. The van der Waals surface area contributed by atoms with Crippen molar-refractivity contribution in [3.8, 4) is 0 Å². The summed E-state index contributed by atoms with van der Waals surface area (Å²) in [4.78, 5) is 0. The molecule has 1 unspecified atom stereocenters. The van der Waals surface area contributed by atoms with E-state index in [0.29, 0.717) is 6.61 Å². The summed E-state index contributed by atoms with van der Waals surface area (Å²) in [5.74, 6) is 0. The van der Waals surface area contributed by atoms with E-state index in [1.165, 1.54) is 70.6 Å². The third-order valence-electron chi connectivity index (χ3n) is 4.55. The van der Waals surface area contributed by atoms with E-state index in [2.05, 4.69) is 6.92 Å². The van der Waals surface area contributed by atoms with Gasteiger partial charge in [-0.05, 0) is 6.42 Å². The Kier molecular flexibility index (Phi) is 12.7. The molecule has 0 aromatic rings. The summed E-state index contributed by atoms with van der Waals surface area (Å²) in [6, 6.07) is 0. The van der Waals surface area contributed by atoms with E-state index in [9.17, 15) is 4.57 Å². The maximum Gasteiger partial charge on any atom is 0.205 e. The van der Waals surface area contributed by atoms with Gasteiger partial charge in [-0.1, -0.05) is 98.3 Å². The fraction of sp³-hybridized carbons (Fsp3) is 1.00. The van der Waals surface area contributed by atoms with Crippen LogP contribution in [0.3, 0.4) is 0 Å². The van der Waals surface area contributed by atoms with Gasteiger partial charge in [0.25, 0.3) is 0 Å². The van der Waals surface area contributed by atoms with E-state index < -0.39 is 7.37 Å². The van der Waals surface area contributed by atoms with Crippen molar-refractivity contribution in [1.29, 1.82) is 0 Å². The van der Waals surface area contributed by atoms with Crippen LogP contribution in [0.5, 0.6) is 0 Å². The second-order valence-corrected chi connectivity index (χ2v) is 11.0. The minimum Gasteiger partial charge on any atom is -0.328 e. The molecule has 0 aliphatic rings. The first-order valence-electron chi connectivity index (χ1n) is 9.53. The lowest BCUT2D eigenvalue weighted by atomic mass is 10.1. The molecule has 0 radical (unpaired) electrons. The second kappa shape index (κ2) is 12.6. The van der Waals surface area contributed by atoms with Crippen LogP contribution >= 0.6 is 7.37 Å². The van der Waals surface area contributed by atoms with Gasteiger partial charge >= 0.3 is 0 Å². The molecule has 0 bridgehead atoms. The van der Waals surface area contributed by atoms with Crippen LogP contribution in [0.25, 0.3) is 0 Å². The van der Waals surface area contributed by atoms with Crippen molar-refractivity contribution in [3.63, 3.8) is 0 Å². The molecule has 0 N–H and O–H groups in total. The fourth-order valence-electron chi connectivity index (χ4n) is 2.38. The first-order chi connectivity index (χ1) is 10.3. The normalized spacial score (nSPS) is 15.0. The maximum atomic E-state index is 12.3. The summed E-state index contributed by atoms with van der Waals surface area (Å²) in [5.41, 5.74) is 0. The highest BCUT2D eigenvalue weighted by molar-refractivity contribution is 7.59. The van der Waals surface area contributed by atoms with Crippen LogP contribution in [0.15, 0.2) is 0 Å². The van der Waals surface area contributed by atoms with Gasteiger partial charge in [0.2, 0.25) is 7.37 Å². The van der Waals surface area contributed by atoms with Gasteiger partial charge in [0.15, 0.2) is 0 Å². The summed E-state index contributed by atoms with van der Waals surface area (Å²) >= 11 is 0. The molecule has 0 aromatic heterocycles. The zero-order valence-corrected chi connectivity index (χ0v) is 16.9. The van der Waals surface area contributed by atoms with Gasteiger partial charge in [-0.25, -0.2) is 0 Å². The highest BCUT2D eigenvalue weighted by Crippen LogP contribution is 2.55. The largest absolute Gasteiger partial charge is 0.328 e. The monoisotopic (exact) mass is 332 g/mol. The molecular weight excluding hydrogens is 291 g/mol. The Hall–Kier alpha value is 0.190. The summed E-state index contributed by atoms with van der Waals surface area (Å²) in [7, 11) is -2.46. The number of hydrogen-bond donors (Lipinski definition) is 0. The molecule has 0 amide bonds. The summed E-state index contributed by atoms with van der Waals surface area (Å²) in [6.07, 6.45) is 16.1. The van der Waals surface area contributed by atoms with Gasteiger partial charge in [0.1, 0.15) is 0 Å². The van der Waals surface area contributed by atoms with Crippen molar-refractivity contribution in [2.45, 2.75) is 110 Å². The molecular formula is C19H41O2P. The molecule has 0 aliphatic heterocycles. The summed E-state index contributed by atoms with van der Waals surface area (Å²) in [5, 5.41) is -0.232. The highest BCUT2D eigenvalue weighted by atomic mass is 31.2. The first kappa shape index (κ1) is 22.2. The molecule has 0 heterocycles. The second-order valence-electron chi connectivity index (χ2n) is 7.74. The maximum absolute atomic E-state index is 12.3. The Labute approximate surface area is 140 Å². The molecule has 0 rings (SSSR count). The quantitative estimate of drug-likeness (QED) is 0.244. The van der Waals surface area contributed by atoms with Gasteiger partial charge in [-0.2, -0.15) is 0 Å². The molecule has 22 heavy (non-hydrogen) atoms. The lowest BCUT2D eigenvalue weighted by molar-refractivity contribution is 0.292. The van der Waals surface area contributed by atoms with E-state index in [1.807, 2.05) is 20.8 Å². The van der Waals surface area contributed by atoms with Crippen molar-refractivity contribution < 1.29 is 9.09 Å². The number of hydrogen-bond acceptors (Lipinski definition) is 2. The van der Waals surface area contributed by atoms with E-state index >= 15 is 0 Å². The molecule has 3 heteroatoms. The van der Waals surface area contributed by atoms with Crippen LogP contribution in [-0.4, -0.2) is 18.4 Å². The average Bonchev–Trinajstić information content (AvgIpc) is 2.42. The fourth-order valence-corrected chi connectivity index (χ4v) is 3.24. The molecule has 0 aliphatic carbocycles. The van der Waals surface area contributed by atoms with E-state index in [-0.39, 0.29) is 5.16 Å². The topological polar surface area (TPSA) is 26.3 Å². The van der Waals surface area contributed by atoms with Crippen LogP contribution in [-0.2, 0) is 9.09 Å². The van der Waals surface area contributed by atoms with Gasteiger partial charge in [0.05, 0.1) is 6.61 Å².